The zero-order valence-electron chi connectivity index (χ0n) is 11.5. The minimum absolute atomic E-state index is 0.207. The molecule has 0 aromatic heterocycles. The molecular weight excluding hydrogens is 270 g/mol. The summed E-state index contributed by atoms with van der Waals surface area (Å²) in [4.78, 5) is 0. The van der Waals surface area contributed by atoms with Gasteiger partial charge in [-0.25, -0.2) is 0 Å². The Morgan fingerprint density at radius 3 is 2.90 bits per heavy atom. The van der Waals surface area contributed by atoms with Crippen molar-refractivity contribution >= 4 is 11.6 Å². The van der Waals surface area contributed by atoms with Crippen LogP contribution in [0.25, 0.3) is 0 Å². The average Bonchev–Trinajstić information content (AvgIpc) is 2.48. The van der Waals surface area contributed by atoms with Crippen molar-refractivity contribution in [3.8, 4) is 5.75 Å². The Bertz CT molecular complexity index is 639. The number of para-hydroxylation sites is 1. The maximum absolute atomic E-state index is 6.47. The lowest BCUT2D eigenvalue weighted by Gasteiger charge is -2.24. The van der Waals surface area contributed by atoms with E-state index in [2.05, 4.69) is 25.1 Å². The Balaban J connectivity index is 2.06. The Morgan fingerprint density at radius 2 is 2.05 bits per heavy atom. The first-order valence-electron chi connectivity index (χ1n) is 6.93. The van der Waals surface area contributed by atoms with E-state index in [1.54, 1.807) is 0 Å². The standard InChI is InChI=1S/C17H18ClNO/c1-11-7-8-13(18)10-15(11)16(19)14-6-2-4-12-5-3-9-20-17(12)14/h2,4,6-8,10,16H,3,5,9,19H2,1H3. The van der Waals surface area contributed by atoms with Gasteiger partial charge in [-0.2, -0.15) is 0 Å². The zero-order valence-corrected chi connectivity index (χ0v) is 12.3. The molecule has 0 saturated heterocycles. The molecule has 1 unspecified atom stereocenters. The largest absolute Gasteiger partial charge is 0.493 e. The van der Waals surface area contributed by atoms with E-state index in [4.69, 9.17) is 22.1 Å². The molecule has 0 aliphatic carbocycles. The van der Waals surface area contributed by atoms with Crippen LogP contribution in [0.2, 0.25) is 5.02 Å². The molecular formula is C17H18ClNO. The van der Waals surface area contributed by atoms with E-state index < -0.39 is 0 Å². The number of hydrogen-bond donors (Lipinski definition) is 1. The van der Waals surface area contributed by atoms with E-state index in [0.29, 0.717) is 5.02 Å². The summed E-state index contributed by atoms with van der Waals surface area (Å²) >= 11 is 6.10. The second-order valence-electron chi connectivity index (χ2n) is 5.27. The fourth-order valence-electron chi connectivity index (χ4n) is 2.77. The number of ether oxygens (including phenoxy) is 1. The summed E-state index contributed by atoms with van der Waals surface area (Å²) in [7, 11) is 0. The van der Waals surface area contributed by atoms with Gasteiger partial charge in [0, 0.05) is 10.6 Å². The summed E-state index contributed by atoms with van der Waals surface area (Å²) in [5.74, 6) is 0.964. The van der Waals surface area contributed by atoms with Crippen LogP contribution in [-0.4, -0.2) is 6.61 Å². The van der Waals surface area contributed by atoms with Crippen LogP contribution in [0.4, 0.5) is 0 Å². The van der Waals surface area contributed by atoms with E-state index in [-0.39, 0.29) is 6.04 Å². The van der Waals surface area contributed by atoms with E-state index in [9.17, 15) is 0 Å². The number of fused-ring (bicyclic) bond motifs is 1. The average molecular weight is 288 g/mol. The van der Waals surface area contributed by atoms with Crippen molar-refractivity contribution in [2.24, 2.45) is 5.73 Å². The summed E-state index contributed by atoms with van der Waals surface area (Å²) in [6, 6.07) is 11.9. The fourth-order valence-corrected chi connectivity index (χ4v) is 2.95. The predicted octanol–water partition coefficient (Wildman–Crippen LogP) is 4.02. The summed E-state index contributed by atoms with van der Waals surface area (Å²) in [6.07, 6.45) is 2.13. The van der Waals surface area contributed by atoms with Crippen molar-refractivity contribution < 1.29 is 4.74 Å². The SMILES string of the molecule is Cc1ccc(Cl)cc1C(N)c1cccc2c1OCCC2. The van der Waals surface area contributed by atoms with Gasteiger partial charge in [0.25, 0.3) is 0 Å². The number of rotatable bonds is 2. The van der Waals surface area contributed by atoms with Gasteiger partial charge in [-0.05, 0) is 48.6 Å². The lowest BCUT2D eigenvalue weighted by atomic mass is 9.92. The lowest BCUT2D eigenvalue weighted by Crippen LogP contribution is -2.18. The molecule has 104 valence electrons. The van der Waals surface area contributed by atoms with E-state index in [1.165, 1.54) is 5.56 Å². The molecule has 3 rings (SSSR count). The summed E-state index contributed by atoms with van der Waals surface area (Å²) < 4.78 is 5.85. The minimum Gasteiger partial charge on any atom is -0.493 e. The molecule has 0 amide bonds. The molecule has 0 spiro atoms. The Morgan fingerprint density at radius 1 is 1.20 bits per heavy atom. The van der Waals surface area contributed by atoms with Gasteiger partial charge in [0.1, 0.15) is 5.75 Å². The first kappa shape index (κ1) is 13.5. The Hall–Kier alpha value is -1.51. The third-order valence-corrected chi connectivity index (χ3v) is 4.11. The van der Waals surface area contributed by atoms with Crippen molar-refractivity contribution in [3.05, 3.63) is 63.7 Å². The predicted molar refractivity (Wildman–Crippen MR) is 82.5 cm³/mol. The molecule has 1 heterocycles. The third-order valence-electron chi connectivity index (χ3n) is 3.88. The summed E-state index contributed by atoms with van der Waals surface area (Å²) in [5.41, 5.74) is 11.0. The monoisotopic (exact) mass is 287 g/mol. The molecule has 0 radical (unpaired) electrons. The van der Waals surface area contributed by atoms with Gasteiger partial charge in [0.05, 0.1) is 12.6 Å². The van der Waals surface area contributed by atoms with Gasteiger partial charge in [-0.1, -0.05) is 35.9 Å². The van der Waals surface area contributed by atoms with Crippen LogP contribution in [0.15, 0.2) is 36.4 Å². The molecule has 2 aromatic rings. The fraction of sp³-hybridized carbons (Fsp3) is 0.294. The van der Waals surface area contributed by atoms with Crippen LogP contribution in [0, 0.1) is 6.92 Å². The van der Waals surface area contributed by atoms with Crippen molar-refractivity contribution in [2.75, 3.05) is 6.61 Å². The van der Waals surface area contributed by atoms with Crippen molar-refractivity contribution in [3.63, 3.8) is 0 Å². The quantitative estimate of drug-likeness (QED) is 0.905. The van der Waals surface area contributed by atoms with Crippen molar-refractivity contribution in [2.45, 2.75) is 25.8 Å². The molecule has 1 aliphatic heterocycles. The molecule has 0 saturated carbocycles. The topological polar surface area (TPSA) is 35.2 Å². The maximum atomic E-state index is 6.47. The minimum atomic E-state index is -0.207. The number of aryl methyl sites for hydroxylation is 2. The number of nitrogens with two attached hydrogens (primary N) is 1. The van der Waals surface area contributed by atoms with Gasteiger partial charge in [-0.15, -0.1) is 0 Å². The van der Waals surface area contributed by atoms with Crippen molar-refractivity contribution in [1.29, 1.82) is 0 Å². The van der Waals surface area contributed by atoms with E-state index in [0.717, 1.165) is 41.9 Å². The first-order chi connectivity index (χ1) is 9.66. The Kier molecular flexibility index (Phi) is 3.68. The van der Waals surface area contributed by atoms with Gasteiger partial charge < -0.3 is 10.5 Å². The summed E-state index contributed by atoms with van der Waals surface area (Å²) in [6.45, 7) is 2.83. The van der Waals surface area contributed by atoms with Crippen LogP contribution >= 0.6 is 11.6 Å². The molecule has 1 aliphatic rings. The van der Waals surface area contributed by atoms with Gasteiger partial charge in [0.2, 0.25) is 0 Å². The van der Waals surface area contributed by atoms with E-state index in [1.807, 2.05) is 18.2 Å². The van der Waals surface area contributed by atoms with Crippen LogP contribution < -0.4 is 10.5 Å². The van der Waals surface area contributed by atoms with Gasteiger partial charge >= 0.3 is 0 Å². The van der Waals surface area contributed by atoms with E-state index >= 15 is 0 Å². The lowest BCUT2D eigenvalue weighted by molar-refractivity contribution is 0.284. The molecule has 1 atom stereocenters. The molecule has 20 heavy (non-hydrogen) atoms. The zero-order chi connectivity index (χ0) is 14.1. The second kappa shape index (κ2) is 5.47. The smallest absolute Gasteiger partial charge is 0.127 e. The van der Waals surface area contributed by atoms with Crippen LogP contribution in [0.5, 0.6) is 5.75 Å². The third kappa shape index (κ3) is 2.41. The highest BCUT2D eigenvalue weighted by Gasteiger charge is 2.20. The normalized spacial score (nSPS) is 15.3. The van der Waals surface area contributed by atoms with Crippen LogP contribution in [-0.2, 0) is 6.42 Å². The van der Waals surface area contributed by atoms with Gasteiger partial charge in [-0.3, -0.25) is 0 Å². The molecule has 3 heteroatoms. The second-order valence-corrected chi connectivity index (χ2v) is 5.70. The highest BCUT2D eigenvalue weighted by atomic mass is 35.5. The number of hydrogen-bond acceptors (Lipinski definition) is 2. The number of benzene rings is 2. The molecule has 2 N–H and O–H groups in total. The van der Waals surface area contributed by atoms with Crippen LogP contribution in [0.1, 0.15) is 34.7 Å². The highest BCUT2D eigenvalue weighted by molar-refractivity contribution is 6.30. The Labute approximate surface area is 124 Å². The number of halogens is 1. The molecule has 0 fully saturated rings. The molecule has 0 bridgehead atoms. The molecule has 2 nitrogen and oxygen atoms in total. The maximum Gasteiger partial charge on any atom is 0.127 e. The van der Waals surface area contributed by atoms with Crippen LogP contribution in [0.3, 0.4) is 0 Å². The van der Waals surface area contributed by atoms with Crippen molar-refractivity contribution in [1.82, 2.24) is 0 Å². The molecule has 2 aromatic carbocycles. The van der Waals surface area contributed by atoms with Gasteiger partial charge in [0.15, 0.2) is 0 Å². The first-order valence-corrected chi connectivity index (χ1v) is 7.31. The summed E-state index contributed by atoms with van der Waals surface area (Å²) in [5, 5.41) is 0.715. The highest BCUT2D eigenvalue weighted by Crippen LogP contribution is 2.35.